The summed E-state index contributed by atoms with van der Waals surface area (Å²) in [5.41, 5.74) is 0.480. The number of alkyl halides is 3. The van der Waals surface area contributed by atoms with Crippen LogP contribution in [0, 0.1) is 73.2 Å². The Bertz CT molecular complexity index is 4260. The number of hydrogen-bond donors (Lipinski definition) is 1. The van der Waals surface area contributed by atoms with Gasteiger partial charge in [0.1, 0.15) is 53.0 Å². The predicted molar refractivity (Wildman–Crippen MR) is 294 cm³/mol. The molecule has 0 unspecified atom stereocenters. The molecule has 11 aromatic heterocycles. The number of carboxylic acid groups (broad SMARTS) is 1. The fraction of sp³-hybridized carbons (Fsp3) is 0.213. The molecular formula is C61H47F9N15O2Pt3-. The van der Waals surface area contributed by atoms with Crippen LogP contribution in [0.4, 0.5) is 39.5 Å². The number of halogens is 9. The Morgan fingerprint density at radius 3 is 1.26 bits per heavy atom. The Morgan fingerprint density at radius 1 is 0.467 bits per heavy atom. The van der Waals surface area contributed by atoms with E-state index in [1.807, 2.05) is 66.7 Å². The first-order valence-corrected chi connectivity index (χ1v) is 25.9. The van der Waals surface area contributed by atoms with Crippen LogP contribution >= 0.6 is 0 Å². The van der Waals surface area contributed by atoms with Gasteiger partial charge in [0.2, 0.25) is 0 Å². The number of carboxylic acids is 1. The fourth-order valence-electron chi connectivity index (χ4n) is 8.99. The first-order chi connectivity index (χ1) is 41.0. The van der Waals surface area contributed by atoms with E-state index in [0.717, 1.165) is 40.3 Å². The van der Waals surface area contributed by atoms with E-state index in [0.29, 0.717) is 34.5 Å². The molecule has 0 fully saturated rings. The smallest absolute Gasteiger partial charge is 0.477 e. The van der Waals surface area contributed by atoms with E-state index >= 15 is 0 Å². The summed E-state index contributed by atoms with van der Waals surface area (Å²) in [4.78, 5) is 47.5. The van der Waals surface area contributed by atoms with Gasteiger partial charge in [-0.3, -0.25) is 45.1 Å². The molecular weight excluding hydrogens is 1730 g/mol. The van der Waals surface area contributed by atoms with E-state index in [9.17, 15) is 44.3 Å². The third kappa shape index (κ3) is 15.5. The molecule has 0 saturated heterocycles. The van der Waals surface area contributed by atoms with Crippen LogP contribution in [0.2, 0.25) is 0 Å². The van der Waals surface area contributed by atoms with Crippen molar-refractivity contribution in [3.05, 3.63) is 233 Å². The standard InChI is InChI=1S/C21H16F4N6.C21H17F3N6.C19H14F2N3O2.3Pt/c1-21(2,19-26-13(9-30(19)3)11-5-7-15(22)28-17(11)24)20-27-14(10-31(20)4)12-6-8-16(23)29-18(12)25;1-14-10-12-29(27-14)18-8-4-6-15(25-18)20(2,3)16-7-5-9-19(26-16)30-13-11-17(28-30)21(22,23)24;1-19(2,15-8-4-6-13(23-15)18(25)26)14-7-3-5-12(22-14)11-9-10-16(20)24-17(11)21;;;/h7-10H,1-4H3;4-11H,1-3H3;3-8,10H,1-2H3,(H,25,26);;;/q2*-2;-1;;2*+2. The van der Waals surface area contributed by atoms with Crippen LogP contribution in [-0.4, -0.2) is 84.6 Å². The maximum atomic E-state index is 14.1. The zero-order chi connectivity index (χ0) is 62.9. The van der Waals surface area contributed by atoms with Gasteiger partial charge < -0.3 is 28.6 Å². The van der Waals surface area contributed by atoms with E-state index < -0.39 is 69.8 Å². The Labute approximate surface area is 552 Å². The zero-order valence-electron chi connectivity index (χ0n) is 48.4. The minimum absolute atomic E-state index is 0. The Balaban J connectivity index is 0.000000212. The van der Waals surface area contributed by atoms with Crippen molar-refractivity contribution in [1.82, 2.24) is 73.6 Å². The number of imidazole rings is 2. The summed E-state index contributed by atoms with van der Waals surface area (Å²) in [5.74, 6) is -5.19. The fourth-order valence-corrected chi connectivity index (χ4v) is 8.99. The first-order valence-electron chi connectivity index (χ1n) is 25.9. The number of pyridine rings is 7. The molecule has 1 N–H and O–H groups in total. The molecule has 0 radical (unpaired) electrons. The molecule has 0 aromatic carbocycles. The molecule has 11 aromatic rings. The average molecular weight is 1780 g/mol. The van der Waals surface area contributed by atoms with Gasteiger partial charge in [-0.1, -0.05) is 96.7 Å². The van der Waals surface area contributed by atoms with Gasteiger partial charge in [0.05, 0.1) is 28.4 Å². The Morgan fingerprint density at radius 2 is 0.856 bits per heavy atom. The third-order valence-electron chi connectivity index (χ3n) is 13.5. The van der Waals surface area contributed by atoms with Crippen molar-refractivity contribution in [3.63, 3.8) is 0 Å². The molecule has 0 bridgehead atoms. The van der Waals surface area contributed by atoms with Gasteiger partial charge in [0, 0.05) is 74.5 Å². The van der Waals surface area contributed by atoms with Gasteiger partial charge in [0.15, 0.2) is 0 Å². The van der Waals surface area contributed by atoms with Crippen LogP contribution in [0.15, 0.2) is 116 Å². The number of aromatic carboxylic acids is 1. The molecule has 0 spiro atoms. The second kappa shape index (κ2) is 28.3. The van der Waals surface area contributed by atoms with E-state index in [1.54, 1.807) is 94.9 Å². The molecule has 17 nitrogen and oxygen atoms in total. The van der Waals surface area contributed by atoms with E-state index in [2.05, 4.69) is 80.7 Å². The second-order valence-electron chi connectivity index (χ2n) is 20.9. The largest absolute Gasteiger partial charge is 2.00 e. The van der Waals surface area contributed by atoms with Gasteiger partial charge in [-0.2, -0.15) is 13.2 Å². The molecule has 0 aliphatic carbocycles. The number of hydrogen-bond acceptors (Lipinski definition) is 12. The van der Waals surface area contributed by atoms with Gasteiger partial charge in [0.25, 0.3) is 0 Å². The maximum absolute atomic E-state index is 14.1. The van der Waals surface area contributed by atoms with Crippen LogP contribution in [0.1, 0.15) is 97.8 Å². The third-order valence-corrected chi connectivity index (χ3v) is 13.5. The van der Waals surface area contributed by atoms with Gasteiger partial charge in [-0.15, -0.1) is 30.3 Å². The molecule has 11 rings (SSSR count). The molecule has 0 saturated carbocycles. The van der Waals surface area contributed by atoms with Crippen molar-refractivity contribution in [2.24, 2.45) is 14.1 Å². The van der Waals surface area contributed by atoms with Crippen molar-refractivity contribution in [2.45, 2.75) is 70.9 Å². The summed E-state index contributed by atoms with van der Waals surface area (Å²) in [7, 11) is 3.45. The van der Waals surface area contributed by atoms with Crippen LogP contribution in [0.5, 0.6) is 0 Å². The minimum Gasteiger partial charge on any atom is -0.477 e. The van der Waals surface area contributed by atoms with Crippen molar-refractivity contribution in [2.75, 3.05) is 0 Å². The topological polar surface area (TPSA) is 199 Å². The summed E-state index contributed by atoms with van der Waals surface area (Å²) in [6.45, 7) is 13.1. The maximum Gasteiger partial charge on any atom is 2.00 e. The first kappa shape index (κ1) is 70.9. The molecule has 0 amide bonds. The van der Waals surface area contributed by atoms with Gasteiger partial charge >= 0.3 is 54.3 Å². The summed E-state index contributed by atoms with van der Waals surface area (Å²) in [6, 6.07) is 33.2. The number of rotatable bonds is 12. The van der Waals surface area contributed by atoms with Crippen molar-refractivity contribution < 1.29 is 113 Å². The Hall–Kier alpha value is -8.21. The molecule has 90 heavy (non-hydrogen) atoms. The SMILES string of the molecule is CC(C)(c1cccc(C(=O)O)n1)c1cccc(-c2[c-]cc(F)nc2F)n1.Cc1c[c-]n(-c2cccc(C(C)(C)c3cccc(-n4[c-]cc(C(F)(F)F)n4)n3)n2)n1.Cn1cc(-c2[c-]cc(F)nc2F)nc1C(C)(C)c1nc(-c2[c-]cc(F)nc2F)cn1C.[Pt+2].[Pt+2].[Pt]. The van der Waals surface area contributed by atoms with Gasteiger partial charge in [-0.05, 0) is 95.7 Å². The number of carbonyl (C=O) groups is 1. The van der Waals surface area contributed by atoms with Crippen LogP contribution in [0.25, 0.3) is 45.4 Å². The summed E-state index contributed by atoms with van der Waals surface area (Å²) in [5, 5.41) is 17.0. The van der Waals surface area contributed by atoms with Crippen LogP contribution in [0.3, 0.4) is 0 Å². The van der Waals surface area contributed by atoms with Crippen LogP contribution in [-0.2, 0) is 99.7 Å². The zero-order valence-corrected chi connectivity index (χ0v) is 55.2. The van der Waals surface area contributed by atoms with Crippen LogP contribution < -0.4 is 0 Å². The molecule has 0 atom stereocenters. The normalized spacial score (nSPS) is 11.5. The molecule has 0 aliphatic heterocycles. The number of aromatic nitrogens is 15. The van der Waals surface area contributed by atoms with Crippen molar-refractivity contribution in [3.8, 4) is 45.4 Å². The number of nitrogens with zero attached hydrogens (tertiary/aromatic N) is 15. The second-order valence-corrected chi connectivity index (χ2v) is 20.9. The average Bonchev–Trinajstić information content (AvgIpc) is 1.71. The summed E-state index contributed by atoms with van der Waals surface area (Å²) in [6.07, 6.45) is 4.09. The van der Waals surface area contributed by atoms with E-state index in [4.69, 9.17) is 10.1 Å². The molecule has 29 heteroatoms. The number of aryl methyl sites for hydroxylation is 3. The molecule has 0 aliphatic rings. The monoisotopic (exact) mass is 1780 g/mol. The predicted octanol–water partition coefficient (Wildman–Crippen LogP) is 11.5. The van der Waals surface area contributed by atoms with E-state index in [-0.39, 0.29) is 108 Å². The van der Waals surface area contributed by atoms with Crippen molar-refractivity contribution >= 4 is 5.97 Å². The summed E-state index contributed by atoms with van der Waals surface area (Å²) < 4.78 is 126. The molecule has 11 heterocycles. The molecule has 472 valence electrons. The summed E-state index contributed by atoms with van der Waals surface area (Å²) >= 11 is 0. The van der Waals surface area contributed by atoms with Crippen molar-refractivity contribution in [1.29, 1.82) is 0 Å². The van der Waals surface area contributed by atoms with Gasteiger partial charge in [-0.25, -0.2) is 36.1 Å². The Kier molecular flexibility index (Phi) is 22.3. The van der Waals surface area contributed by atoms with E-state index in [1.165, 1.54) is 6.07 Å². The quantitative estimate of drug-likeness (QED) is 0.0689. The minimum atomic E-state index is -4.54.